The fourth-order valence-electron chi connectivity index (χ4n) is 2.82. The number of ether oxygens (including phenoxy) is 3. The van der Waals surface area contributed by atoms with Crippen LogP contribution in [0.15, 0.2) is 12.7 Å². The first kappa shape index (κ1) is 9.84. The molecule has 86 valence electrons. The van der Waals surface area contributed by atoms with E-state index in [1.165, 1.54) is 0 Å². The molecule has 16 heavy (non-hydrogen) atoms. The van der Waals surface area contributed by atoms with Gasteiger partial charge in [0.15, 0.2) is 0 Å². The third-order valence-electron chi connectivity index (χ3n) is 3.58. The molecule has 3 aliphatic rings. The van der Waals surface area contributed by atoms with Crippen LogP contribution < -0.4 is 0 Å². The molecule has 5 atom stereocenters. The third kappa shape index (κ3) is 1.21. The van der Waals surface area contributed by atoms with E-state index in [0.717, 1.165) is 6.08 Å². The highest BCUT2D eigenvalue weighted by Crippen LogP contribution is 2.49. The average molecular weight is 224 g/mol. The standard InChI is InChI=1S/C11H12O5/c1-2-8(12)14-4-6-7-3-5-9(15-7)10(6)16-11(5)13/h2,5-7,9-10H,1,3-4H2. The Morgan fingerprint density at radius 2 is 2.38 bits per heavy atom. The predicted molar refractivity (Wildman–Crippen MR) is 51.3 cm³/mol. The summed E-state index contributed by atoms with van der Waals surface area (Å²) in [7, 11) is 0. The van der Waals surface area contributed by atoms with Gasteiger partial charge in [-0.15, -0.1) is 0 Å². The zero-order valence-corrected chi connectivity index (χ0v) is 8.63. The molecule has 0 amide bonds. The molecule has 5 nitrogen and oxygen atoms in total. The normalized spacial score (nSPS) is 43.2. The van der Waals surface area contributed by atoms with Crippen LogP contribution >= 0.6 is 0 Å². The van der Waals surface area contributed by atoms with Gasteiger partial charge in [-0.3, -0.25) is 4.79 Å². The van der Waals surface area contributed by atoms with Crippen molar-refractivity contribution in [1.82, 2.24) is 0 Å². The molecule has 5 unspecified atom stereocenters. The van der Waals surface area contributed by atoms with E-state index < -0.39 is 5.97 Å². The van der Waals surface area contributed by atoms with Crippen LogP contribution in [0, 0.1) is 11.8 Å². The van der Waals surface area contributed by atoms with Gasteiger partial charge in [-0.05, 0) is 6.42 Å². The van der Waals surface area contributed by atoms with E-state index in [1.807, 2.05) is 0 Å². The first-order valence-electron chi connectivity index (χ1n) is 5.36. The van der Waals surface area contributed by atoms with E-state index in [2.05, 4.69) is 6.58 Å². The van der Waals surface area contributed by atoms with Crippen LogP contribution in [0.2, 0.25) is 0 Å². The monoisotopic (exact) mass is 224 g/mol. The molecule has 0 aromatic rings. The molecule has 3 heterocycles. The lowest BCUT2D eigenvalue weighted by Gasteiger charge is -2.21. The average Bonchev–Trinajstić information content (AvgIpc) is 2.87. The van der Waals surface area contributed by atoms with E-state index >= 15 is 0 Å². The number of hydrogen-bond donors (Lipinski definition) is 0. The van der Waals surface area contributed by atoms with Gasteiger partial charge in [-0.25, -0.2) is 4.79 Å². The number of hydrogen-bond acceptors (Lipinski definition) is 5. The molecule has 0 saturated carbocycles. The first-order chi connectivity index (χ1) is 7.70. The molecule has 3 aliphatic heterocycles. The lowest BCUT2D eigenvalue weighted by atomic mass is 9.83. The van der Waals surface area contributed by atoms with Crippen LogP contribution in [-0.2, 0) is 23.8 Å². The molecule has 0 spiro atoms. The summed E-state index contributed by atoms with van der Waals surface area (Å²) in [5, 5.41) is 0. The van der Waals surface area contributed by atoms with E-state index in [-0.39, 0.29) is 42.7 Å². The van der Waals surface area contributed by atoms with Gasteiger partial charge < -0.3 is 14.2 Å². The van der Waals surface area contributed by atoms with Crippen molar-refractivity contribution in [1.29, 1.82) is 0 Å². The summed E-state index contributed by atoms with van der Waals surface area (Å²) in [5.41, 5.74) is 0. The number of carbonyl (C=O) groups excluding carboxylic acids is 2. The second kappa shape index (κ2) is 3.31. The number of carbonyl (C=O) groups is 2. The Balaban J connectivity index is 1.68. The van der Waals surface area contributed by atoms with Crippen molar-refractivity contribution in [2.75, 3.05) is 6.61 Å². The lowest BCUT2D eigenvalue weighted by Crippen LogP contribution is -2.35. The van der Waals surface area contributed by atoms with E-state index in [4.69, 9.17) is 14.2 Å². The summed E-state index contributed by atoms with van der Waals surface area (Å²) in [4.78, 5) is 22.4. The Morgan fingerprint density at radius 3 is 3.12 bits per heavy atom. The van der Waals surface area contributed by atoms with Crippen molar-refractivity contribution in [2.24, 2.45) is 11.8 Å². The van der Waals surface area contributed by atoms with Gasteiger partial charge >= 0.3 is 11.9 Å². The Hall–Kier alpha value is -1.36. The molecule has 3 fully saturated rings. The summed E-state index contributed by atoms with van der Waals surface area (Å²) < 4.78 is 15.9. The fourth-order valence-corrected chi connectivity index (χ4v) is 2.82. The van der Waals surface area contributed by atoms with Crippen molar-refractivity contribution in [3.63, 3.8) is 0 Å². The molecule has 0 aromatic carbocycles. The minimum Gasteiger partial charge on any atom is -0.462 e. The molecule has 0 radical (unpaired) electrons. The van der Waals surface area contributed by atoms with Crippen molar-refractivity contribution in [3.05, 3.63) is 12.7 Å². The highest BCUT2D eigenvalue weighted by molar-refractivity contribution is 5.81. The molecular formula is C11H12O5. The van der Waals surface area contributed by atoms with Crippen LogP contribution in [0.3, 0.4) is 0 Å². The van der Waals surface area contributed by atoms with Gasteiger partial charge in [0.25, 0.3) is 0 Å². The van der Waals surface area contributed by atoms with Gasteiger partial charge in [-0.2, -0.15) is 0 Å². The van der Waals surface area contributed by atoms with Crippen molar-refractivity contribution in [3.8, 4) is 0 Å². The molecule has 0 aliphatic carbocycles. The summed E-state index contributed by atoms with van der Waals surface area (Å²) in [5.74, 6) is -0.739. The van der Waals surface area contributed by atoms with Crippen LogP contribution in [0.25, 0.3) is 0 Å². The van der Waals surface area contributed by atoms with Crippen molar-refractivity contribution in [2.45, 2.75) is 24.7 Å². The minimum absolute atomic E-state index is 0.0101. The van der Waals surface area contributed by atoms with Gasteiger partial charge in [-0.1, -0.05) is 6.58 Å². The maximum atomic E-state index is 11.4. The smallest absolute Gasteiger partial charge is 0.330 e. The van der Waals surface area contributed by atoms with E-state index in [9.17, 15) is 9.59 Å². The van der Waals surface area contributed by atoms with Gasteiger partial charge in [0.1, 0.15) is 18.8 Å². The van der Waals surface area contributed by atoms with Crippen molar-refractivity contribution >= 4 is 11.9 Å². The molecule has 0 N–H and O–H groups in total. The highest BCUT2D eigenvalue weighted by Gasteiger charge is 2.63. The zero-order chi connectivity index (χ0) is 11.3. The maximum absolute atomic E-state index is 11.4. The largest absolute Gasteiger partial charge is 0.462 e. The highest BCUT2D eigenvalue weighted by atomic mass is 16.6. The number of esters is 2. The van der Waals surface area contributed by atoms with Crippen LogP contribution in [-0.4, -0.2) is 36.9 Å². The molecule has 3 saturated heterocycles. The second-order valence-corrected chi connectivity index (χ2v) is 4.38. The second-order valence-electron chi connectivity index (χ2n) is 4.38. The molecule has 3 rings (SSSR count). The third-order valence-corrected chi connectivity index (χ3v) is 3.58. The summed E-state index contributed by atoms with van der Waals surface area (Å²) >= 11 is 0. The Labute approximate surface area is 92.3 Å². The quantitative estimate of drug-likeness (QED) is 0.500. The molecular weight excluding hydrogens is 212 g/mol. The van der Waals surface area contributed by atoms with Crippen molar-refractivity contribution < 1.29 is 23.8 Å². The zero-order valence-electron chi connectivity index (χ0n) is 8.63. The molecule has 5 heteroatoms. The maximum Gasteiger partial charge on any atom is 0.330 e. The fraction of sp³-hybridized carbons (Fsp3) is 0.636. The predicted octanol–water partition coefficient (Wildman–Crippen LogP) is 0.0445. The number of fused-ring (bicyclic) bond motifs is 1. The van der Waals surface area contributed by atoms with Gasteiger partial charge in [0.2, 0.25) is 0 Å². The summed E-state index contributed by atoms with van der Waals surface area (Å²) in [6, 6.07) is 0. The molecule has 2 bridgehead atoms. The summed E-state index contributed by atoms with van der Waals surface area (Å²) in [6.07, 6.45) is 1.45. The van der Waals surface area contributed by atoms with Crippen LogP contribution in [0.1, 0.15) is 6.42 Å². The lowest BCUT2D eigenvalue weighted by molar-refractivity contribution is -0.146. The molecule has 0 aromatic heterocycles. The SMILES string of the molecule is C=CC(=O)OCC1C2CC3C(=O)OC1C3O2. The summed E-state index contributed by atoms with van der Waals surface area (Å²) in [6.45, 7) is 3.55. The Morgan fingerprint density at radius 1 is 1.56 bits per heavy atom. The Kier molecular flexibility index (Phi) is 2.04. The van der Waals surface area contributed by atoms with E-state index in [1.54, 1.807) is 0 Å². The van der Waals surface area contributed by atoms with Crippen LogP contribution in [0.5, 0.6) is 0 Å². The van der Waals surface area contributed by atoms with Gasteiger partial charge in [0.05, 0.1) is 17.9 Å². The minimum atomic E-state index is -0.455. The van der Waals surface area contributed by atoms with Gasteiger partial charge in [0, 0.05) is 6.08 Å². The topological polar surface area (TPSA) is 61.8 Å². The van der Waals surface area contributed by atoms with Crippen LogP contribution in [0.4, 0.5) is 0 Å². The first-order valence-corrected chi connectivity index (χ1v) is 5.36. The number of rotatable bonds is 3. The van der Waals surface area contributed by atoms with E-state index in [0.29, 0.717) is 6.42 Å². The Bertz CT molecular complexity index is 363.